The van der Waals surface area contributed by atoms with E-state index < -0.39 is 22.1 Å². The number of hydrogen-bond acceptors (Lipinski definition) is 5. The zero-order valence-electron chi connectivity index (χ0n) is 10.7. The highest BCUT2D eigenvalue weighted by Crippen LogP contribution is 2.08. The van der Waals surface area contributed by atoms with Gasteiger partial charge in [0.2, 0.25) is 0 Å². The van der Waals surface area contributed by atoms with Crippen molar-refractivity contribution in [2.24, 2.45) is 0 Å². The number of aliphatic carboxylic acids is 1. The Bertz CT molecular complexity index is 552. The van der Waals surface area contributed by atoms with Crippen molar-refractivity contribution in [2.45, 2.75) is 37.9 Å². The molecule has 1 rings (SSSR count). The van der Waals surface area contributed by atoms with Gasteiger partial charge in [0.05, 0.1) is 0 Å². The fourth-order valence-electron chi connectivity index (χ4n) is 1.46. The number of carboxylic acid groups (broad SMARTS) is 1. The molecular weight excluding hydrogens is 274 g/mol. The molecule has 0 unspecified atom stereocenters. The van der Waals surface area contributed by atoms with Crippen LogP contribution in [-0.4, -0.2) is 46.8 Å². The minimum atomic E-state index is -3.78. The first-order valence-electron chi connectivity index (χ1n) is 5.72. The number of hydrogen-bond donors (Lipinski definition) is 3. The topological polar surface area (TPSA) is 122 Å². The molecule has 0 amide bonds. The normalized spacial score (nSPS) is 13.4. The van der Waals surface area contributed by atoms with Gasteiger partial charge in [0.25, 0.3) is 10.0 Å². The van der Waals surface area contributed by atoms with E-state index in [-0.39, 0.29) is 18.0 Å². The highest BCUT2D eigenvalue weighted by molar-refractivity contribution is 7.89. The van der Waals surface area contributed by atoms with E-state index in [1.54, 1.807) is 11.5 Å². The van der Waals surface area contributed by atoms with Gasteiger partial charge in [-0.25, -0.2) is 22.9 Å². The van der Waals surface area contributed by atoms with Gasteiger partial charge in [0.1, 0.15) is 5.82 Å². The number of carbonyl (C=O) groups is 1. The van der Waals surface area contributed by atoms with Crippen LogP contribution in [0.15, 0.2) is 11.2 Å². The number of aliphatic hydroxyl groups is 1. The summed E-state index contributed by atoms with van der Waals surface area (Å²) in [6.07, 6.45) is -0.384. The Morgan fingerprint density at radius 1 is 1.58 bits per heavy atom. The van der Waals surface area contributed by atoms with Gasteiger partial charge in [0, 0.05) is 19.3 Å². The van der Waals surface area contributed by atoms with E-state index in [0.717, 1.165) is 0 Å². The number of aliphatic hydroxyl groups excluding tert-OH is 1. The van der Waals surface area contributed by atoms with Gasteiger partial charge in [-0.15, -0.1) is 0 Å². The first kappa shape index (κ1) is 15.6. The molecule has 0 aliphatic rings. The molecule has 0 radical (unpaired) electrons. The maximum Gasteiger partial charge on any atom is 0.332 e. The molecule has 0 spiro atoms. The van der Waals surface area contributed by atoms with Crippen molar-refractivity contribution in [1.82, 2.24) is 14.3 Å². The summed E-state index contributed by atoms with van der Waals surface area (Å²) >= 11 is 0. The standard InChI is InChI=1S/C10H17N3O5S/c1-3-13-6-9(12-7(13)2)19(17,18)11-5-4-8(14)10(15)16/h6,8,11,14H,3-5H2,1-2H3,(H,15,16)/t8-/m0/s1. The molecule has 0 aromatic carbocycles. The fraction of sp³-hybridized carbons (Fsp3) is 0.600. The summed E-state index contributed by atoms with van der Waals surface area (Å²) in [4.78, 5) is 14.3. The summed E-state index contributed by atoms with van der Waals surface area (Å²) in [6.45, 7) is 3.98. The number of imidazole rings is 1. The highest BCUT2D eigenvalue weighted by atomic mass is 32.2. The van der Waals surface area contributed by atoms with Crippen LogP contribution in [0.2, 0.25) is 0 Å². The lowest BCUT2D eigenvalue weighted by atomic mass is 10.3. The number of aromatic nitrogens is 2. The van der Waals surface area contributed by atoms with Gasteiger partial charge in [-0.1, -0.05) is 0 Å². The molecular formula is C10H17N3O5S. The molecule has 1 atom stereocenters. The number of rotatable bonds is 7. The van der Waals surface area contributed by atoms with Crippen LogP contribution >= 0.6 is 0 Å². The summed E-state index contributed by atoms with van der Waals surface area (Å²) in [6, 6.07) is 0. The molecule has 108 valence electrons. The zero-order chi connectivity index (χ0) is 14.6. The number of nitrogens with zero attached hydrogens (tertiary/aromatic N) is 2. The third-order valence-corrected chi connectivity index (χ3v) is 3.90. The molecule has 8 nitrogen and oxygen atoms in total. The predicted molar refractivity (Wildman–Crippen MR) is 66.1 cm³/mol. The predicted octanol–water partition coefficient (Wildman–Crippen LogP) is -0.675. The van der Waals surface area contributed by atoms with Crippen LogP contribution in [0.3, 0.4) is 0 Å². The average molecular weight is 291 g/mol. The Hall–Kier alpha value is -1.45. The molecule has 19 heavy (non-hydrogen) atoms. The van der Waals surface area contributed by atoms with Crippen molar-refractivity contribution in [3.05, 3.63) is 12.0 Å². The number of carboxylic acids is 1. The molecule has 1 heterocycles. The van der Waals surface area contributed by atoms with Gasteiger partial charge in [0.15, 0.2) is 11.1 Å². The quantitative estimate of drug-likeness (QED) is 0.612. The minimum absolute atomic E-state index is 0.114. The van der Waals surface area contributed by atoms with E-state index in [1.165, 1.54) is 6.20 Å². The lowest BCUT2D eigenvalue weighted by Gasteiger charge is -2.06. The maximum atomic E-state index is 11.8. The largest absolute Gasteiger partial charge is 0.479 e. The number of nitrogens with one attached hydrogen (secondary N) is 1. The first-order chi connectivity index (χ1) is 8.77. The third-order valence-electron chi connectivity index (χ3n) is 2.56. The SMILES string of the molecule is CCn1cc(S(=O)(=O)NCC[C@H](O)C(=O)O)nc1C. The van der Waals surface area contributed by atoms with Crippen LogP contribution in [0.25, 0.3) is 0 Å². The van der Waals surface area contributed by atoms with Crippen LogP contribution in [0.1, 0.15) is 19.2 Å². The van der Waals surface area contributed by atoms with E-state index in [9.17, 15) is 13.2 Å². The highest BCUT2D eigenvalue weighted by Gasteiger charge is 2.20. The van der Waals surface area contributed by atoms with Gasteiger partial charge in [-0.3, -0.25) is 0 Å². The van der Waals surface area contributed by atoms with Crippen LogP contribution in [0.4, 0.5) is 0 Å². The minimum Gasteiger partial charge on any atom is -0.479 e. The molecule has 0 saturated carbocycles. The average Bonchev–Trinajstić information content (AvgIpc) is 2.70. The summed E-state index contributed by atoms with van der Waals surface area (Å²) in [5, 5.41) is 17.4. The Morgan fingerprint density at radius 2 is 2.21 bits per heavy atom. The summed E-state index contributed by atoms with van der Waals surface area (Å²) in [5.41, 5.74) is 0. The van der Waals surface area contributed by atoms with Gasteiger partial charge >= 0.3 is 5.97 Å². The maximum absolute atomic E-state index is 11.8. The van der Waals surface area contributed by atoms with Crippen LogP contribution in [-0.2, 0) is 21.4 Å². The number of sulfonamides is 1. The number of aryl methyl sites for hydroxylation is 2. The van der Waals surface area contributed by atoms with Crippen LogP contribution in [0.5, 0.6) is 0 Å². The molecule has 3 N–H and O–H groups in total. The second-order valence-electron chi connectivity index (χ2n) is 3.95. The Kier molecular flexibility index (Phi) is 5.04. The van der Waals surface area contributed by atoms with E-state index >= 15 is 0 Å². The summed E-state index contributed by atoms with van der Waals surface area (Å²) < 4.78 is 27.6. The fourth-order valence-corrected chi connectivity index (χ4v) is 2.51. The Labute approximate surface area is 111 Å². The molecule has 0 fully saturated rings. The van der Waals surface area contributed by atoms with Crippen molar-refractivity contribution in [3.8, 4) is 0 Å². The molecule has 9 heteroatoms. The first-order valence-corrected chi connectivity index (χ1v) is 7.20. The van der Waals surface area contributed by atoms with Crippen molar-refractivity contribution < 1.29 is 23.4 Å². The van der Waals surface area contributed by atoms with Crippen molar-refractivity contribution in [1.29, 1.82) is 0 Å². The lowest BCUT2D eigenvalue weighted by Crippen LogP contribution is -2.30. The Balaban J connectivity index is 2.68. The molecule has 0 aliphatic heterocycles. The summed E-state index contributed by atoms with van der Waals surface area (Å²) in [5.74, 6) is -0.807. The van der Waals surface area contributed by atoms with Crippen molar-refractivity contribution in [3.63, 3.8) is 0 Å². The van der Waals surface area contributed by atoms with E-state index in [4.69, 9.17) is 10.2 Å². The third kappa shape index (κ3) is 4.01. The second kappa shape index (κ2) is 6.13. The monoisotopic (exact) mass is 291 g/mol. The van der Waals surface area contributed by atoms with Crippen LogP contribution < -0.4 is 4.72 Å². The van der Waals surface area contributed by atoms with Gasteiger partial charge < -0.3 is 14.8 Å². The molecule has 1 aromatic heterocycles. The van der Waals surface area contributed by atoms with Gasteiger partial charge in [-0.2, -0.15) is 0 Å². The van der Waals surface area contributed by atoms with Crippen molar-refractivity contribution in [2.75, 3.05) is 6.54 Å². The lowest BCUT2D eigenvalue weighted by molar-refractivity contribution is -0.146. The Morgan fingerprint density at radius 3 is 2.68 bits per heavy atom. The van der Waals surface area contributed by atoms with Crippen molar-refractivity contribution >= 4 is 16.0 Å². The van der Waals surface area contributed by atoms with Gasteiger partial charge in [-0.05, 0) is 20.3 Å². The molecule has 0 bridgehead atoms. The van der Waals surface area contributed by atoms with E-state index in [0.29, 0.717) is 12.4 Å². The molecule has 1 aromatic rings. The molecule has 0 aliphatic carbocycles. The van der Waals surface area contributed by atoms with E-state index in [1.807, 2.05) is 6.92 Å². The molecule has 0 saturated heterocycles. The zero-order valence-corrected chi connectivity index (χ0v) is 11.5. The smallest absolute Gasteiger partial charge is 0.332 e. The van der Waals surface area contributed by atoms with E-state index in [2.05, 4.69) is 9.71 Å². The second-order valence-corrected chi connectivity index (χ2v) is 5.67. The summed E-state index contributed by atoms with van der Waals surface area (Å²) in [7, 11) is -3.78. The van der Waals surface area contributed by atoms with Crippen LogP contribution in [0, 0.1) is 6.92 Å².